The lowest BCUT2D eigenvalue weighted by Gasteiger charge is -2.38. The number of carbonyl (C=O) groups is 1. The van der Waals surface area contributed by atoms with Gasteiger partial charge in [-0.25, -0.2) is 0 Å². The smallest absolute Gasteiger partial charge is 0.269 e. The van der Waals surface area contributed by atoms with Crippen molar-refractivity contribution in [3.05, 3.63) is 68.2 Å². The summed E-state index contributed by atoms with van der Waals surface area (Å²) in [5.41, 5.74) is 3.58. The highest BCUT2D eigenvalue weighted by atomic mass is 35.5. The number of aryl methyl sites for hydroxylation is 1. The largest absolute Gasteiger partial charge is 0.373 e. The molecular formula is C26H28ClN3O5. The number of ether oxygens (including phenoxy) is 2. The van der Waals surface area contributed by atoms with Crippen molar-refractivity contribution >= 4 is 34.6 Å². The lowest BCUT2D eigenvalue weighted by Crippen LogP contribution is -2.44. The van der Waals surface area contributed by atoms with Gasteiger partial charge in [-0.1, -0.05) is 11.6 Å². The Morgan fingerprint density at radius 3 is 2.71 bits per heavy atom. The zero-order chi connectivity index (χ0) is 24.5. The lowest BCUT2D eigenvalue weighted by atomic mass is 9.89. The van der Waals surface area contributed by atoms with Gasteiger partial charge in [0.2, 0.25) is 0 Å². The molecule has 0 spiro atoms. The van der Waals surface area contributed by atoms with Crippen LogP contribution in [0.15, 0.2) is 41.4 Å². The highest BCUT2D eigenvalue weighted by molar-refractivity contribution is 6.31. The first kappa shape index (κ1) is 23.9. The molecular weight excluding hydrogens is 470 g/mol. The molecule has 1 saturated heterocycles. The van der Waals surface area contributed by atoms with Gasteiger partial charge in [-0.15, -0.1) is 0 Å². The van der Waals surface area contributed by atoms with Crippen molar-refractivity contribution in [1.82, 2.24) is 0 Å². The van der Waals surface area contributed by atoms with E-state index in [9.17, 15) is 14.9 Å². The number of rotatable bonds is 3. The van der Waals surface area contributed by atoms with E-state index in [1.165, 1.54) is 18.2 Å². The number of nitro benzene ring substituents is 1. The summed E-state index contributed by atoms with van der Waals surface area (Å²) in [5.74, 6) is -0.185. The van der Waals surface area contributed by atoms with Crippen LogP contribution in [0.25, 0.3) is 0 Å². The minimum absolute atomic E-state index is 0.0291. The average molecular weight is 498 g/mol. The molecule has 1 aliphatic carbocycles. The van der Waals surface area contributed by atoms with Gasteiger partial charge >= 0.3 is 0 Å². The zero-order valence-electron chi connectivity index (χ0n) is 19.6. The molecule has 3 aliphatic rings. The molecule has 184 valence electrons. The summed E-state index contributed by atoms with van der Waals surface area (Å²) in [6, 6.07) is 10.0. The normalized spacial score (nSPS) is 25.5. The molecule has 0 N–H and O–H groups in total. The Bertz CT molecular complexity index is 1180. The van der Waals surface area contributed by atoms with Gasteiger partial charge in [-0.3, -0.25) is 19.9 Å². The van der Waals surface area contributed by atoms with E-state index in [1.807, 2.05) is 12.1 Å². The standard InChI is InChI=1S/C26H28ClN3O5/c1-16-13-19(30(32)33)6-7-20(16)26(31)29-10-2-3-22(21-14-17(27)4-8-23(21)29)28-18-5-9-24-25(15-18)35-12-11-34-24/h4,6-8,13-14,18,24-25H,2-3,5,9-12,15H2,1H3. The first-order valence-corrected chi connectivity index (χ1v) is 12.4. The predicted molar refractivity (Wildman–Crippen MR) is 134 cm³/mol. The monoisotopic (exact) mass is 497 g/mol. The third-order valence-corrected chi connectivity index (χ3v) is 7.28. The van der Waals surface area contributed by atoms with Crippen LogP contribution in [0.5, 0.6) is 0 Å². The highest BCUT2D eigenvalue weighted by Crippen LogP contribution is 2.34. The van der Waals surface area contributed by atoms with Crippen molar-refractivity contribution < 1.29 is 19.2 Å². The summed E-state index contributed by atoms with van der Waals surface area (Å²) in [7, 11) is 0. The van der Waals surface area contributed by atoms with Crippen LogP contribution in [0, 0.1) is 17.0 Å². The molecule has 2 fully saturated rings. The van der Waals surface area contributed by atoms with Gasteiger partial charge in [0, 0.05) is 40.5 Å². The SMILES string of the molecule is Cc1cc([N+](=O)[O-])ccc1C(=O)N1CCCC(=NC2CCC3OCCOC3C2)c2cc(Cl)ccc21. The maximum Gasteiger partial charge on any atom is 0.269 e. The lowest BCUT2D eigenvalue weighted by molar-refractivity contribution is -0.384. The molecule has 5 rings (SSSR count). The highest BCUT2D eigenvalue weighted by Gasteiger charge is 2.35. The second-order valence-electron chi connectivity index (χ2n) is 9.34. The van der Waals surface area contributed by atoms with Gasteiger partial charge in [0.05, 0.1) is 42.1 Å². The summed E-state index contributed by atoms with van der Waals surface area (Å²) < 4.78 is 11.8. The molecule has 0 bridgehead atoms. The number of non-ortho nitro benzene ring substituents is 1. The van der Waals surface area contributed by atoms with Crippen LogP contribution in [0.1, 0.15) is 53.6 Å². The summed E-state index contributed by atoms with van der Waals surface area (Å²) in [6.07, 6.45) is 4.43. The maximum atomic E-state index is 13.6. The van der Waals surface area contributed by atoms with Crippen LogP contribution in [-0.4, -0.2) is 54.6 Å². The quantitative estimate of drug-likeness (QED) is 0.433. The molecule has 3 atom stereocenters. The molecule has 2 heterocycles. The molecule has 1 amide bonds. The topological polar surface area (TPSA) is 94.3 Å². The fourth-order valence-electron chi connectivity index (χ4n) is 5.31. The molecule has 1 saturated carbocycles. The van der Waals surface area contributed by atoms with Crippen LogP contribution in [-0.2, 0) is 9.47 Å². The number of hydrogen-bond donors (Lipinski definition) is 0. The molecule has 2 aromatic rings. The molecule has 35 heavy (non-hydrogen) atoms. The second-order valence-corrected chi connectivity index (χ2v) is 9.78. The van der Waals surface area contributed by atoms with Crippen molar-refractivity contribution in [3.8, 4) is 0 Å². The molecule has 3 unspecified atom stereocenters. The molecule has 0 radical (unpaired) electrons. The van der Waals surface area contributed by atoms with Crippen molar-refractivity contribution in [2.24, 2.45) is 4.99 Å². The minimum Gasteiger partial charge on any atom is -0.373 e. The third-order valence-electron chi connectivity index (χ3n) is 7.04. The molecule has 8 nitrogen and oxygen atoms in total. The van der Waals surface area contributed by atoms with Crippen molar-refractivity contribution in [1.29, 1.82) is 0 Å². The number of nitrogens with zero attached hydrogens (tertiary/aromatic N) is 3. The number of benzene rings is 2. The second kappa shape index (κ2) is 10.0. The van der Waals surface area contributed by atoms with Crippen molar-refractivity contribution in [3.63, 3.8) is 0 Å². The number of aliphatic imine (C=N–C) groups is 1. The van der Waals surface area contributed by atoms with Gasteiger partial charge < -0.3 is 14.4 Å². The summed E-state index contributed by atoms with van der Waals surface area (Å²) >= 11 is 6.39. The van der Waals surface area contributed by atoms with E-state index in [1.54, 1.807) is 17.9 Å². The van der Waals surface area contributed by atoms with E-state index in [0.29, 0.717) is 35.9 Å². The number of amides is 1. The van der Waals surface area contributed by atoms with Crippen LogP contribution in [0.3, 0.4) is 0 Å². The van der Waals surface area contributed by atoms with Crippen LogP contribution in [0.2, 0.25) is 5.02 Å². The van der Waals surface area contributed by atoms with E-state index >= 15 is 0 Å². The van der Waals surface area contributed by atoms with Crippen molar-refractivity contribution in [2.75, 3.05) is 24.7 Å². The van der Waals surface area contributed by atoms with Gasteiger partial charge in [0.25, 0.3) is 11.6 Å². The van der Waals surface area contributed by atoms with Crippen LogP contribution in [0.4, 0.5) is 11.4 Å². The number of carbonyl (C=O) groups excluding carboxylic acids is 1. The van der Waals surface area contributed by atoms with Gasteiger partial charge in [-0.05, 0) is 68.9 Å². The Labute approximate surface area is 209 Å². The van der Waals surface area contributed by atoms with E-state index < -0.39 is 4.92 Å². The fraction of sp³-hybridized carbons (Fsp3) is 0.462. The van der Waals surface area contributed by atoms with E-state index in [2.05, 4.69) is 0 Å². The summed E-state index contributed by atoms with van der Waals surface area (Å²) in [5, 5.41) is 11.7. The first-order chi connectivity index (χ1) is 16.9. The van der Waals surface area contributed by atoms with Crippen LogP contribution >= 0.6 is 11.6 Å². The molecule has 2 aromatic carbocycles. The van der Waals surface area contributed by atoms with Gasteiger partial charge in [0.15, 0.2) is 0 Å². The number of fused-ring (bicyclic) bond motifs is 2. The van der Waals surface area contributed by atoms with Crippen LogP contribution < -0.4 is 4.90 Å². The van der Waals surface area contributed by atoms with Crippen molar-refractivity contribution in [2.45, 2.75) is 57.3 Å². The Morgan fingerprint density at radius 1 is 1.14 bits per heavy atom. The summed E-state index contributed by atoms with van der Waals surface area (Å²) in [4.78, 5) is 31.2. The van der Waals surface area contributed by atoms with E-state index in [0.717, 1.165) is 49.1 Å². The first-order valence-electron chi connectivity index (χ1n) is 12.1. The number of halogens is 1. The summed E-state index contributed by atoms with van der Waals surface area (Å²) in [6.45, 7) is 3.53. The third kappa shape index (κ3) is 4.96. The zero-order valence-corrected chi connectivity index (χ0v) is 20.4. The Hall–Kier alpha value is -2.81. The number of nitro groups is 1. The van der Waals surface area contributed by atoms with Gasteiger partial charge in [-0.2, -0.15) is 0 Å². The van der Waals surface area contributed by atoms with Gasteiger partial charge in [0.1, 0.15) is 0 Å². The minimum atomic E-state index is -0.453. The molecule has 9 heteroatoms. The maximum absolute atomic E-state index is 13.6. The molecule has 0 aromatic heterocycles. The van der Waals surface area contributed by atoms with E-state index in [4.69, 9.17) is 26.1 Å². The predicted octanol–water partition coefficient (Wildman–Crippen LogP) is 5.12. The Morgan fingerprint density at radius 2 is 1.94 bits per heavy atom. The molecule has 2 aliphatic heterocycles. The van der Waals surface area contributed by atoms with E-state index in [-0.39, 0.29) is 29.8 Å². The Kier molecular flexibility index (Phi) is 6.86. The fourth-order valence-corrected chi connectivity index (χ4v) is 5.48. The Balaban J connectivity index is 1.46. The number of hydrogen-bond acceptors (Lipinski definition) is 6. The average Bonchev–Trinajstić information content (AvgIpc) is 3.02. The number of anilines is 1.